The van der Waals surface area contributed by atoms with Crippen LogP contribution in [0.1, 0.15) is 19.4 Å². The average molecular weight is 229 g/mol. The zero-order valence-electron chi connectivity index (χ0n) is 9.30. The van der Waals surface area contributed by atoms with Gasteiger partial charge in [-0.05, 0) is 19.1 Å². The van der Waals surface area contributed by atoms with Crippen molar-refractivity contribution in [3.63, 3.8) is 0 Å². The zero-order chi connectivity index (χ0) is 12.0. The van der Waals surface area contributed by atoms with Crippen molar-refractivity contribution < 1.29 is 4.79 Å². The van der Waals surface area contributed by atoms with E-state index in [2.05, 4.69) is 10.3 Å². The molecule has 0 spiro atoms. The van der Waals surface area contributed by atoms with Gasteiger partial charge in [0, 0.05) is 12.5 Å². The lowest BCUT2D eigenvalue weighted by molar-refractivity contribution is -0.117. The molecule has 1 aliphatic rings. The third-order valence-electron chi connectivity index (χ3n) is 2.98. The predicted octanol–water partition coefficient (Wildman–Crippen LogP) is 1.30. The molecule has 17 heavy (non-hydrogen) atoms. The van der Waals surface area contributed by atoms with Crippen LogP contribution in [-0.4, -0.2) is 15.5 Å². The Morgan fingerprint density at radius 1 is 1.35 bits per heavy atom. The SMILES string of the molecule is C[C@@H]1CC(=O)Nc2nc3ccccc3c(=O)n21. The van der Waals surface area contributed by atoms with Crippen molar-refractivity contribution in [3.05, 3.63) is 34.6 Å². The van der Waals surface area contributed by atoms with E-state index in [9.17, 15) is 9.59 Å². The number of para-hydroxylation sites is 1. The van der Waals surface area contributed by atoms with Gasteiger partial charge in [0.15, 0.2) is 0 Å². The van der Waals surface area contributed by atoms with Gasteiger partial charge in [-0.3, -0.25) is 19.5 Å². The van der Waals surface area contributed by atoms with Crippen LogP contribution < -0.4 is 10.9 Å². The minimum atomic E-state index is -0.150. The van der Waals surface area contributed by atoms with Crippen molar-refractivity contribution in [2.24, 2.45) is 0 Å². The molecule has 0 saturated carbocycles. The molecule has 2 aromatic rings. The van der Waals surface area contributed by atoms with Crippen molar-refractivity contribution in [2.75, 3.05) is 5.32 Å². The van der Waals surface area contributed by atoms with Gasteiger partial charge in [0.1, 0.15) is 0 Å². The van der Waals surface area contributed by atoms with E-state index in [0.717, 1.165) is 0 Å². The van der Waals surface area contributed by atoms with Crippen molar-refractivity contribution >= 4 is 22.8 Å². The van der Waals surface area contributed by atoms with E-state index in [-0.39, 0.29) is 17.5 Å². The fourth-order valence-corrected chi connectivity index (χ4v) is 2.18. The number of nitrogens with one attached hydrogen (secondary N) is 1. The lowest BCUT2D eigenvalue weighted by Gasteiger charge is -2.24. The summed E-state index contributed by atoms with van der Waals surface area (Å²) in [4.78, 5) is 28.0. The van der Waals surface area contributed by atoms with Crippen LogP contribution in [0, 0.1) is 0 Å². The summed E-state index contributed by atoms with van der Waals surface area (Å²) in [6, 6.07) is 7.00. The molecular formula is C12H11N3O2. The number of aromatic nitrogens is 2. The van der Waals surface area contributed by atoms with Crippen molar-refractivity contribution in [1.82, 2.24) is 9.55 Å². The quantitative estimate of drug-likeness (QED) is 0.740. The minimum Gasteiger partial charge on any atom is -0.296 e. The van der Waals surface area contributed by atoms with Crippen molar-refractivity contribution in [2.45, 2.75) is 19.4 Å². The summed E-state index contributed by atoms with van der Waals surface area (Å²) in [5.74, 6) is 0.247. The molecule has 1 aromatic carbocycles. The Hall–Kier alpha value is -2.17. The zero-order valence-corrected chi connectivity index (χ0v) is 9.30. The molecule has 86 valence electrons. The smallest absolute Gasteiger partial charge is 0.263 e. The maximum Gasteiger partial charge on any atom is 0.263 e. The van der Waals surface area contributed by atoms with Gasteiger partial charge < -0.3 is 0 Å². The molecule has 0 radical (unpaired) electrons. The number of benzene rings is 1. The molecule has 1 aliphatic heterocycles. The van der Waals surface area contributed by atoms with E-state index in [1.807, 2.05) is 19.1 Å². The second kappa shape index (κ2) is 3.41. The van der Waals surface area contributed by atoms with Gasteiger partial charge in [-0.15, -0.1) is 0 Å². The number of anilines is 1. The van der Waals surface area contributed by atoms with E-state index in [1.54, 1.807) is 16.7 Å². The molecule has 5 heteroatoms. The number of hydrogen-bond donors (Lipinski definition) is 1. The first-order valence-corrected chi connectivity index (χ1v) is 5.48. The molecule has 0 aliphatic carbocycles. The number of hydrogen-bond acceptors (Lipinski definition) is 3. The second-order valence-corrected chi connectivity index (χ2v) is 4.23. The molecule has 1 atom stereocenters. The summed E-state index contributed by atoms with van der Waals surface area (Å²) in [6.45, 7) is 1.85. The Balaban J connectivity index is 2.39. The van der Waals surface area contributed by atoms with Gasteiger partial charge in [0.05, 0.1) is 10.9 Å². The highest BCUT2D eigenvalue weighted by Crippen LogP contribution is 2.21. The highest BCUT2D eigenvalue weighted by Gasteiger charge is 2.24. The molecule has 1 aromatic heterocycles. The third kappa shape index (κ3) is 1.43. The van der Waals surface area contributed by atoms with Crippen LogP contribution in [-0.2, 0) is 4.79 Å². The van der Waals surface area contributed by atoms with E-state index >= 15 is 0 Å². The molecule has 3 rings (SSSR count). The highest BCUT2D eigenvalue weighted by atomic mass is 16.2. The van der Waals surface area contributed by atoms with Crippen LogP contribution in [0.4, 0.5) is 5.95 Å². The van der Waals surface area contributed by atoms with Gasteiger partial charge in [-0.25, -0.2) is 4.98 Å². The number of fused-ring (bicyclic) bond motifs is 2. The monoisotopic (exact) mass is 229 g/mol. The van der Waals surface area contributed by atoms with Crippen LogP contribution >= 0.6 is 0 Å². The first-order chi connectivity index (χ1) is 8.16. The summed E-state index contributed by atoms with van der Waals surface area (Å²) < 4.78 is 1.55. The second-order valence-electron chi connectivity index (χ2n) is 4.23. The molecule has 1 N–H and O–H groups in total. The standard InChI is InChI=1S/C12H11N3O2/c1-7-6-10(16)14-12-13-9-5-3-2-4-8(9)11(17)15(7)12/h2-5,7H,6H2,1H3,(H,13,14,16)/t7-/m1/s1. The first-order valence-electron chi connectivity index (χ1n) is 5.48. The molecule has 0 unspecified atom stereocenters. The van der Waals surface area contributed by atoms with Crippen LogP contribution in [0.2, 0.25) is 0 Å². The fraction of sp³-hybridized carbons (Fsp3) is 0.250. The fourth-order valence-electron chi connectivity index (χ4n) is 2.18. The maximum atomic E-state index is 12.3. The van der Waals surface area contributed by atoms with Crippen LogP contribution in [0.3, 0.4) is 0 Å². The lowest BCUT2D eigenvalue weighted by Crippen LogP contribution is -2.35. The van der Waals surface area contributed by atoms with Crippen molar-refractivity contribution in [1.29, 1.82) is 0 Å². The number of carbonyl (C=O) groups is 1. The summed E-state index contributed by atoms with van der Waals surface area (Å²) in [5, 5.41) is 3.22. The van der Waals surface area contributed by atoms with Gasteiger partial charge in [0.25, 0.3) is 5.56 Å². The van der Waals surface area contributed by atoms with Gasteiger partial charge in [-0.1, -0.05) is 12.1 Å². The van der Waals surface area contributed by atoms with Crippen LogP contribution in [0.15, 0.2) is 29.1 Å². The van der Waals surface area contributed by atoms with Crippen LogP contribution in [0.25, 0.3) is 10.9 Å². The number of carbonyl (C=O) groups excluding carboxylic acids is 1. The molecular weight excluding hydrogens is 218 g/mol. The Kier molecular flexibility index (Phi) is 2.01. The predicted molar refractivity (Wildman–Crippen MR) is 64.0 cm³/mol. The Morgan fingerprint density at radius 3 is 2.94 bits per heavy atom. The maximum absolute atomic E-state index is 12.3. The Bertz CT molecular complexity index is 675. The van der Waals surface area contributed by atoms with E-state index in [4.69, 9.17) is 0 Å². The van der Waals surface area contributed by atoms with E-state index < -0.39 is 0 Å². The summed E-state index contributed by atoms with van der Waals surface area (Å²) in [6.07, 6.45) is 0.312. The molecule has 0 fully saturated rings. The molecule has 5 nitrogen and oxygen atoms in total. The molecule has 0 saturated heterocycles. The number of nitrogens with zero attached hydrogens (tertiary/aromatic N) is 2. The molecule has 1 amide bonds. The molecule has 0 bridgehead atoms. The van der Waals surface area contributed by atoms with Gasteiger partial charge in [0.2, 0.25) is 11.9 Å². The third-order valence-corrected chi connectivity index (χ3v) is 2.98. The van der Waals surface area contributed by atoms with Gasteiger partial charge in [-0.2, -0.15) is 0 Å². The lowest BCUT2D eigenvalue weighted by atomic mass is 10.1. The Labute approximate surface area is 97.1 Å². The summed E-state index contributed by atoms with van der Waals surface area (Å²) in [5.41, 5.74) is 0.510. The number of amides is 1. The summed E-state index contributed by atoms with van der Waals surface area (Å²) in [7, 11) is 0. The normalized spacial score (nSPS) is 18.9. The van der Waals surface area contributed by atoms with E-state index in [1.165, 1.54) is 0 Å². The topological polar surface area (TPSA) is 64.0 Å². The Morgan fingerprint density at radius 2 is 2.12 bits per heavy atom. The van der Waals surface area contributed by atoms with E-state index in [0.29, 0.717) is 23.3 Å². The van der Waals surface area contributed by atoms with Crippen molar-refractivity contribution in [3.8, 4) is 0 Å². The molecule has 2 heterocycles. The number of rotatable bonds is 0. The van der Waals surface area contributed by atoms with Gasteiger partial charge >= 0.3 is 0 Å². The highest BCUT2D eigenvalue weighted by molar-refractivity contribution is 5.92. The first kappa shape index (κ1) is 10.0. The summed E-state index contributed by atoms with van der Waals surface area (Å²) >= 11 is 0. The largest absolute Gasteiger partial charge is 0.296 e. The van der Waals surface area contributed by atoms with Crippen LogP contribution in [0.5, 0.6) is 0 Å². The minimum absolute atomic E-state index is 0.0975. The average Bonchev–Trinajstić information content (AvgIpc) is 2.28.